The first-order chi connectivity index (χ1) is 7.91. The molecule has 0 aromatic carbocycles. The van der Waals surface area contributed by atoms with E-state index in [1.807, 2.05) is 39.2 Å². The van der Waals surface area contributed by atoms with E-state index in [2.05, 4.69) is 4.99 Å². The predicted octanol–water partition coefficient (Wildman–Crippen LogP) is 4.04. The minimum Gasteiger partial charge on any atom is -0.305 e. The Balaban J connectivity index is 2.62. The molecule has 17 heavy (non-hydrogen) atoms. The van der Waals surface area contributed by atoms with Crippen molar-refractivity contribution in [3.63, 3.8) is 0 Å². The molecule has 0 bridgehead atoms. The van der Waals surface area contributed by atoms with Gasteiger partial charge in [-0.15, -0.1) is 0 Å². The van der Waals surface area contributed by atoms with E-state index in [0.717, 1.165) is 11.5 Å². The van der Waals surface area contributed by atoms with Gasteiger partial charge in [0.15, 0.2) is 0 Å². The molecule has 0 aromatic heterocycles. The summed E-state index contributed by atoms with van der Waals surface area (Å²) in [7, 11) is -3.11. The van der Waals surface area contributed by atoms with E-state index in [1.54, 1.807) is 11.8 Å². The van der Waals surface area contributed by atoms with E-state index in [-0.39, 0.29) is 18.5 Å². The molecule has 1 heterocycles. The Morgan fingerprint density at radius 2 is 1.94 bits per heavy atom. The van der Waals surface area contributed by atoms with Crippen LogP contribution in [-0.4, -0.2) is 23.5 Å². The van der Waals surface area contributed by atoms with Crippen LogP contribution in [0.15, 0.2) is 16.5 Å². The molecule has 0 spiro atoms. The zero-order valence-corrected chi connectivity index (χ0v) is 12.5. The van der Waals surface area contributed by atoms with Gasteiger partial charge in [-0.05, 0) is 33.1 Å². The Bertz CT molecular complexity index is 329. The summed E-state index contributed by atoms with van der Waals surface area (Å²) in [6, 6.07) is 0. The Labute approximate surface area is 107 Å². The first kappa shape index (κ1) is 15.0. The van der Waals surface area contributed by atoms with Crippen molar-refractivity contribution in [3.05, 3.63) is 11.5 Å². The van der Waals surface area contributed by atoms with Crippen molar-refractivity contribution < 1.29 is 13.6 Å². The van der Waals surface area contributed by atoms with Gasteiger partial charge in [0.05, 0.1) is 17.3 Å². The molecule has 1 rings (SSSR count). The van der Waals surface area contributed by atoms with Crippen molar-refractivity contribution in [3.8, 4) is 0 Å². The highest BCUT2D eigenvalue weighted by Gasteiger charge is 2.27. The van der Waals surface area contributed by atoms with Crippen LogP contribution in [0.25, 0.3) is 0 Å². The molecular weight excluding hydrogens is 257 g/mol. The van der Waals surface area contributed by atoms with Gasteiger partial charge >= 0.3 is 7.60 Å². The molecule has 0 amide bonds. The quantitative estimate of drug-likeness (QED) is 0.687. The monoisotopic (exact) mass is 277 g/mol. The molecule has 0 radical (unpaired) electrons. The molecule has 0 saturated heterocycles. The molecule has 98 valence electrons. The van der Waals surface area contributed by atoms with Gasteiger partial charge in [0, 0.05) is 6.42 Å². The summed E-state index contributed by atoms with van der Waals surface area (Å²) >= 11 is 1.56. The van der Waals surface area contributed by atoms with Crippen LogP contribution in [0.3, 0.4) is 0 Å². The van der Waals surface area contributed by atoms with E-state index < -0.39 is 7.60 Å². The van der Waals surface area contributed by atoms with Crippen LogP contribution in [0.1, 0.15) is 34.1 Å². The second-order valence-electron chi connectivity index (χ2n) is 4.31. The van der Waals surface area contributed by atoms with E-state index in [0.29, 0.717) is 0 Å². The molecule has 1 aliphatic heterocycles. The van der Waals surface area contributed by atoms with Gasteiger partial charge < -0.3 is 9.05 Å². The average molecular weight is 277 g/mol. The van der Waals surface area contributed by atoms with Gasteiger partial charge in [-0.1, -0.05) is 17.8 Å². The third-order valence-electron chi connectivity index (χ3n) is 1.76. The highest BCUT2D eigenvalue weighted by Crippen LogP contribution is 2.50. The minimum absolute atomic E-state index is 0.105. The van der Waals surface area contributed by atoms with Gasteiger partial charge in [0.2, 0.25) is 0 Å². The van der Waals surface area contributed by atoms with E-state index in [9.17, 15) is 4.57 Å². The molecule has 0 aromatic rings. The maximum Gasteiger partial charge on any atom is 0.352 e. The predicted molar refractivity (Wildman–Crippen MR) is 73.7 cm³/mol. The fourth-order valence-corrected chi connectivity index (χ4v) is 3.91. The number of nitrogens with zero attached hydrogens (tertiary/aromatic N) is 1. The van der Waals surface area contributed by atoms with E-state index in [1.165, 1.54) is 0 Å². The SMILES string of the molecule is CC(C)OP(=O)(C/N=C1/CC=CS1)OC(C)C. The molecule has 1 aliphatic rings. The van der Waals surface area contributed by atoms with Gasteiger partial charge in [0.25, 0.3) is 0 Å². The van der Waals surface area contributed by atoms with Crippen molar-refractivity contribution in [1.29, 1.82) is 0 Å². The zero-order valence-electron chi connectivity index (χ0n) is 10.8. The van der Waals surface area contributed by atoms with Crippen LogP contribution in [-0.2, 0) is 13.6 Å². The van der Waals surface area contributed by atoms with Crippen molar-refractivity contribution in [2.45, 2.75) is 46.3 Å². The third-order valence-corrected chi connectivity index (χ3v) is 4.63. The molecule has 6 heteroatoms. The number of hydrogen-bond acceptors (Lipinski definition) is 5. The van der Waals surface area contributed by atoms with Gasteiger partial charge in [-0.3, -0.25) is 9.56 Å². The molecule has 0 fully saturated rings. The highest BCUT2D eigenvalue weighted by atomic mass is 32.2. The Morgan fingerprint density at radius 3 is 2.35 bits per heavy atom. The molecular formula is C11H20NO3PS. The van der Waals surface area contributed by atoms with Gasteiger partial charge in [-0.2, -0.15) is 0 Å². The van der Waals surface area contributed by atoms with Crippen molar-refractivity contribution in [1.82, 2.24) is 0 Å². The van der Waals surface area contributed by atoms with Crippen molar-refractivity contribution in [2.75, 3.05) is 6.29 Å². The minimum atomic E-state index is -3.11. The van der Waals surface area contributed by atoms with E-state index in [4.69, 9.17) is 9.05 Å². The normalized spacial score (nSPS) is 18.8. The second kappa shape index (κ2) is 6.74. The fraction of sp³-hybridized carbons (Fsp3) is 0.727. The average Bonchev–Trinajstić information content (AvgIpc) is 2.64. The van der Waals surface area contributed by atoms with Crippen LogP contribution in [0.4, 0.5) is 0 Å². The summed E-state index contributed by atoms with van der Waals surface area (Å²) in [4.78, 5) is 4.31. The molecule has 0 N–H and O–H groups in total. The summed E-state index contributed by atoms with van der Waals surface area (Å²) in [6.07, 6.45) is 2.69. The summed E-state index contributed by atoms with van der Waals surface area (Å²) in [6.45, 7) is 7.37. The Morgan fingerprint density at radius 1 is 1.35 bits per heavy atom. The number of thioether (sulfide) groups is 1. The second-order valence-corrected chi connectivity index (χ2v) is 7.21. The standard InChI is InChI=1S/C11H20NO3PS/c1-9(2)14-16(13,15-10(3)4)8-12-11-6-5-7-17-11/h5,7,9-10H,6,8H2,1-4H3/b12-11-. The fourth-order valence-electron chi connectivity index (χ4n) is 1.32. The number of hydrogen-bond donors (Lipinski definition) is 0. The number of rotatable bonds is 6. The maximum absolute atomic E-state index is 12.4. The molecule has 4 nitrogen and oxygen atoms in total. The highest BCUT2D eigenvalue weighted by molar-refractivity contribution is 8.16. The Kier molecular flexibility index (Phi) is 5.93. The summed E-state index contributed by atoms with van der Waals surface area (Å²) in [5.74, 6) is 0. The summed E-state index contributed by atoms with van der Waals surface area (Å²) < 4.78 is 23.2. The maximum atomic E-state index is 12.4. The first-order valence-corrected chi connectivity index (χ1v) is 8.33. The van der Waals surface area contributed by atoms with Crippen LogP contribution in [0.5, 0.6) is 0 Å². The van der Waals surface area contributed by atoms with Gasteiger partial charge in [0.1, 0.15) is 6.29 Å². The molecule has 0 atom stereocenters. The molecule has 0 unspecified atom stereocenters. The molecule has 0 saturated carbocycles. The lowest BCUT2D eigenvalue weighted by atomic mass is 10.5. The smallest absolute Gasteiger partial charge is 0.305 e. The molecule has 0 aliphatic carbocycles. The third kappa shape index (κ3) is 5.87. The lowest BCUT2D eigenvalue weighted by molar-refractivity contribution is 0.143. The van der Waals surface area contributed by atoms with Crippen molar-refractivity contribution >= 4 is 24.4 Å². The van der Waals surface area contributed by atoms with Crippen molar-refractivity contribution in [2.24, 2.45) is 4.99 Å². The largest absolute Gasteiger partial charge is 0.352 e. The zero-order chi connectivity index (χ0) is 12.9. The van der Waals surface area contributed by atoms with Crippen LogP contribution in [0, 0.1) is 0 Å². The Hall–Kier alpha value is -0.0900. The van der Waals surface area contributed by atoms with E-state index >= 15 is 0 Å². The number of allylic oxidation sites excluding steroid dienone is 1. The summed E-state index contributed by atoms with van der Waals surface area (Å²) in [5.41, 5.74) is 0. The van der Waals surface area contributed by atoms with Crippen LogP contribution in [0.2, 0.25) is 0 Å². The van der Waals surface area contributed by atoms with Crippen LogP contribution < -0.4 is 0 Å². The van der Waals surface area contributed by atoms with Crippen LogP contribution >= 0.6 is 19.4 Å². The van der Waals surface area contributed by atoms with Gasteiger partial charge in [-0.25, -0.2) is 0 Å². The topological polar surface area (TPSA) is 47.9 Å². The first-order valence-electron chi connectivity index (χ1n) is 5.72. The number of aliphatic imine (C=N–C) groups is 1. The lowest BCUT2D eigenvalue weighted by Gasteiger charge is -2.21. The summed E-state index contributed by atoms with van der Waals surface area (Å²) in [5, 5.41) is 2.95. The lowest BCUT2D eigenvalue weighted by Crippen LogP contribution is -2.10.